The number of rotatable bonds is 7. The summed E-state index contributed by atoms with van der Waals surface area (Å²) in [6, 6.07) is 0. The monoisotopic (exact) mass is 284 g/mol. The Morgan fingerprint density at radius 2 is 1.39 bits per heavy atom. The van der Waals surface area contributed by atoms with Gasteiger partial charge in [0.15, 0.2) is 5.41 Å². The molecule has 0 aliphatic heterocycles. The minimum absolute atomic E-state index is 0. The second-order valence-electron chi connectivity index (χ2n) is 5.58. The number of aliphatic carboxylic acids is 2. The average Bonchev–Trinajstić information content (AvgIpc) is 2.14. The fraction of sp³-hybridized carbons (Fsp3) is 0.846. The van der Waals surface area contributed by atoms with Gasteiger partial charge >= 0.3 is 63.3 Å². The number of carboxylic acid groups (broad SMARTS) is 2. The van der Waals surface area contributed by atoms with E-state index in [4.69, 9.17) is 0 Å². The first-order valence-electron chi connectivity index (χ1n) is 6.17. The molecule has 18 heavy (non-hydrogen) atoms. The molecule has 0 aromatic carbocycles. The zero-order valence-electron chi connectivity index (χ0n) is 11.2. The zero-order chi connectivity index (χ0) is 13.7. The summed E-state index contributed by atoms with van der Waals surface area (Å²) in [6.07, 6.45) is 3.78. The Morgan fingerprint density at radius 1 is 0.944 bits per heavy atom. The van der Waals surface area contributed by atoms with Gasteiger partial charge < -0.3 is 10.2 Å². The second kappa shape index (κ2) is 8.69. The Labute approximate surface area is 152 Å². The van der Waals surface area contributed by atoms with Crippen LogP contribution in [0.5, 0.6) is 0 Å². The maximum absolute atomic E-state index is 11.4. The van der Waals surface area contributed by atoms with Gasteiger partial charge in [0.05, 0.1) is 0 Å². The van der Waals surface area contributed by atoms with Crippen molar-refractivity contribution in [2.45, 2.75) is 59.8 Å². The van der Waals surface area contributed by atoms with E-state index in [-0.39, 0.29) is 57.8 Å². The van der Waals surface area contributed by atoms with Gasteiger partial charge in [0.1, 0.15) is 0 Å². The molecule has 0 fully saturated rings. The SMILES string of the molecule is CCCCCCC(C(=O)O)(C(=O)O)C(C)(C)C.[KH]. The molecular weight excluding hydrogens is 259 g/mol. The molecule has 0 bridgehead atoms. The van der Waals surface area contributed by atoms with E-state index in [1.165, 1.54) is 0 Å². The van der Waals surface area contributed by atoms with Crippen molar-refractivity contribution in [3.05, 3.63) is 0 Å². The normalized spacial score (nSPS) is 11.8. The topological polar surface area (TPSA) is 74.6 Å². The van der Waals surface area contributed by atoms with Crippen LogP contribution in [0.15, 0.2) is 0 Å². The van der Waals surface area contributed by atoms with E-state index >= 15 is 0 Å². The first-order valence-corrected chi connectivity index (χ1v) is 6.17. The van der Waals surface area contributed by atoms with E-state index in [9.17, 15) is 19.8 Å². The molecule has 0 unspecified atom stereocenters. The molecule has 0 aliphatic rings. The van der Waals surface area contributed by atoms with E-state index in [0.717, 1.165) is 19.3 Å². The van der Waals surface area contributed by atoms with Crippen LogP contribution in [0.4, 0.5) is 0 Å². The molecule has 0 spiro atoms. The van der Waals surface area contributed by atoms with Gasteiger partial charge in [-0.3, -0.25) is 9.59 Å². The molecule has 0 aromatic heterocycles. The maximum atomic E-state index is 11.4. The second-order valence-corrected chi connectivity index (χ2v) is 5.58. The third-order valence-corrected chi connectivity index (χ3v) is 3.42. The molecule has 0 aliphatic carbocycles. The number of hydrogen-bond donors (Lipinski definition) is 2. The van der Waals surface area contributed by atoms with E-state index in [0.29, 0.717) is 6.42 Å². The first-order chi connectivity index (χ1) is 7.70. The average molecular weight is 284 g/mol. The van der Waals surface area contributed by atoms with Gasteiger partial charge in [0.25, 0.3) is 0 Å². The van der Waals surface area contributed by atoms with Crippen molar-refractivity contribution in [3.8, 4) is 0 Å². The molecule has 0 aromatic rings. The molecule has 0 saturated carbocycles. The number of carbonyl (C=O) groups is 2. The summed E-state index contributed by atoms with van der Waals surface area (Å²) in [5.41, 5.74) is -2.47. The third kappa shape index (κ3) is 4.93. The molecule has 4 nitrogen and oxygen atoms in total. The summed E-state index contributed by atoms with van der Waals surface area (Å²) in [5.74, 6) is -2.46. The van der Waals surface area contributed by atoms with Crippen LogP contribution in [-0.2, 0) is 9.59 Å². The summed E-state index contributed by atoms with van der Waals surface area (Å²) >= 11 is 0. The van der Waals surface area contributed by atoms with Crippen molar-refractivity contribution < 1.29 is 19.8 Å². The third-order valence-electron chi connectivity index (χ3n) is 3.42. The van der Waals surface area contributed by atoms with E-state index in [2.05, 4.69) is 6.92 Å². The van der Waals surface area contributed by atoms with Gasteiger partial charge in [0.2, 0.25) is 0 Å². The standard InChI is InChI=1S/C13H24O4.K.H/c1-5-6-7-8-9-13(10(14)15,11(16)17)12(2,3)4;;/h5-9H2,1-4H3,(H,14,15)(H,16,17);;. The van der Waals surface area contributed by atoms with Crippen LogP contribution in [0.2, 0.25) is 0 Å². The Hall–Kier alpha value is 0.576. The predicted octanol–water partition coefficient (Wildman–Crippen LogP) is 2.51. The molecule has 2 N–H and O–H groups in total. The molecule has 5 heteroatoms. The van der Waals surface area contributed by atoms with Crippen molar-refractivity contribution in [1.82, 2.24) is 0 Å². The fourth-order valence-corrected chi connectivity index (χ4v) is 2.14. The number of carboxylic acids is 2. The van der Waals surface area contributed by atoms with Crippen LogP contribution in [0.3, 0.4) is 0 Å². The van der Waals surface area contributed by atoms with Crippen molar-refractivity contribution in [2.24, 2.45) is 10.8 Å². The first kappa shape index (κ1) is 20.9. The van der Waals surface area contributed by atoms with Crippen molar-refractivity contribution in [1.29, 1.82) is 0 Å². The van der Waals surface area contributed by atoms with Gasteiger partial charge in [0, 0.05) is 0 Å². The van der Waals surface area contributed by atoms with Gasteiger partial charge in [-0.2, -0.15) is 0 Å². The van der Waals surface area contributed by atoms with Crippen LogP contribution in [0.1, 0.15) is 59.8 Å². The van der Waals surface area contributed by atoms with Gasteiger partial charge in [-0.15, -0.1) is 0 Å². The molecule has 0 rings (SSSR count). The van der Waals surface area contributed by atoms with Gasteiger partial charge in [-0.25, -0.2) is 0 Å². The Morgan fingerprint density at radius 3 is 1.67 bits per heavy atom. The van der Waals surface area contributed by atoms with Crippen LogP contribution >= 0.6 is 0 Å². The summed E-state index contributed by atoms with van der Waals surface area (Å²) in [5, 5.41) is 18.6. The Balaban J connectivity index is 0. The van der Waals surface area contributed by atoms with Gasteiger partial charge in [-0.1, -0.05) is 53.4 Å². The van der Waals surface area contributed by atoms with Gasteiger partial charge in [-0.05, 0) is 11.8 Å². The Bertz CT molecular complexity index is 267. The van der Waals surface area contributed by atoms with E-state index < -0.39 is 22.8 Å². The Kier molecular flexibility index (Phi) is 10.1. The van der Waals surface area contributed by atoms with Crippen LogP contribution in [-0.4, -0.2) is 73.5 Å². The van der Waals surface area contributed by atoms with Crippen molar-refractivity contribution in [3.63, 3.8) is 0 Å². The van der Waals surface area contributed by atoms with E-state index in [1.807, 2.05) is 0 Å². The molecule has 0 amide bonds. The van der Waals surface area contributed by atoms with Crippen LogP contribution in [0.25, 0.3) is 0 Å². The van der Waals surface area contributed by atoms with Crippen LogP contribution in [0, 0.1) is 10.8 Å². The molecular formula is C13H25KO4. The van der Waals surface area contributed by atoms with Crippen molar-refractivity contribution in [2.75, 3.05) is 0 Å². The van der Waals surface area contributed by atoms with E-state index in [1.54, 1.807) is 20.8 Å². The molecule has 0 radical (unpaired) electrons. The molecule has 0 saturated heterocycles. The summed E-state index contributed by atoms with van der Waals surface area (Å²) < 4.78 is 0. The number of unbranched alkanes of at least 4 members (excludes halogenated alkanes) is 3. The molecule has 0 heterocycles. The predicted molar refractivity (Wildman–Crippen MR) is 73.1 cm³/mol. The minimum atomic E-state index is -1.68. The molecule has 0 atom stereocenters. The molecule has 102 valence electrons. The fourth-order valence-electron chi connectivity index (χ4n) is 2.14. The van der Waals surface area contributed by atoms with Crippen LogP contribution < -0.4 is 0 Å². The zero-order valence-corrected chi connectivity index (χ0v) is 11.2. The van der Waals surface area contributed by atoms with Crippen molar-refractivity contribution >= 4 is 63.3 Å². The summed E-state index contributed by atoms with van der Waals surface area (Å²) in [4.78, 5) is 22.8. The summed E-state index contributed by atoms with van der Waals surface area (Å²) in [6.45, 7) is 7.09. The quantitative estimate of drug-likeness (QED) is 0.428. The summed E-state index contributed by atoms with van der Waals surface area (Å²) in [7, 11) is 0. The number of hydrogen-bond acceptors (Lipinski definition) is 2.